The highest BCUT2D eigenvalue weighted by molar-refractivity contribution is 8.17. The number of nitrogens with one attached hydrogen (secondary N) is 2. The molecule has 2 heterocycles. The SMILES string of the molecule is Cc1ccc(C)c(-c2[nH]ncc2/C=C2\SC(=O)NC2O)c1. The van der Waals surface area contributed by atoms with Gasteiger partial charge in [-0.3, -0.25) is 9.89 Å². The molecule has 1 aromatic carbocycles. The predicted molar refractivity (Wildman–Crippen MR) is 83.6 cm³/mol. The van der Waals surface area contributed by atoms with Gasteiger partial charge in [-0.15, -0.1) is 0 Å². The zero-order valence-electron chi connectivity index (χ0n) is 11.7. The van der Waals surface area contributed by atoms with Crippen LogP contribution >= 0.6 is 11.8 Å². The zero-order chi connectivity index (χ0) is 15.0. The summed E-state index contributed by atoms with van der Waals surface area (Å²) in [5.74, 6) is 0. The van der Waals surface area contributed by atoms with Gasteiger partial charge < -0.3 is 10.4 Å². The number of carbonyl (C=O) groups excluding carboxylic acids is 1. The van der Waals surface area contributed by atoms with E-state index in [4.69, 9.17) is 0 Å². The number of aryl methyl sites for hydroxylation is 2. The average Bonchev–Trinajstić information content (AvgIpc) is 3.00. The number of H-pyrrole nitrogens is 1. The molecule has 1 atom stereocenters. The molecule has 0 aliphatic carbocycles. The van der Waals surface area contributed by atoms with Crippen LogP contribution in [0, 0.1) is 13.8 Å². The van der Waals surface area contributed by atoms with Crippen molar-refractivity contribution in [3.8, 4) is 11.3 Å². The fourth-order valence-electron chi connectivity index (χ4n) is 2.26. The number of aliphatic hydroxyl groups excluding tert-OH is 1. The number of nitrogens with zero attached hydrogens (tertiary/aromatic N) is 1. The van der Waals surface area contributed by atoms with Gasteiger partial charge in [-0.05, 0) is 43.3 Å². The lowest BCUT2D eigenvalue weighted by Crippen LogP contribution is -2.24. The van der Waals surface area contributed by atoms with Crippen molar-refractivity contribution < 1.29 is 9.90 Å². The topological polar surface area (TPSA) is 78.0 Å². The van der Waals surface area contributed by atoms with Gasteiger partial charge in [0.25, 0.3) is 5.24 Å². The van der Waals surface area contributed by atoms with E-state index in [1.54, 1.807) is 12.3 Å². The number of amides is 1. The van der Waals surface area contributed by atoms with Gasteiger partial charge in [0.15, 0.2) is 6.23 Å². The van der Waals surface area contributed by atoms with Crippen LogP contribution < -0.4 is 5.32 Å². The molecule has 0 saturated carbocycles. The van der Waals surface area contributed by atoms with E-state index >= 15 is 0 Å². The van der Waals surface area contributed by atoms with Crippen LogP contribution in [0.15, 0.2) is 29.3 Å². The summed E-state index contributed by atoms with van der Waals surface area (Å²) in [6.07, 6.45) is 2.54. The van der Waals surface area contributed by atoms with Gasteiger partial charge in [-0.25, -0.2) is 0 Å². The molecule has 1 unspecified atom stereocenters. The van der Waals surface area contributed by atoms with Crippen molar-refractivity contribution in [2.75, 3.05) is 0 Å². The molecule has 1 amide bonds. The average molecular weight is 301 g/mol. The number of aromatic nitrogens is 2. The summed E-state index contributed by atoms with van der Waals surface area (Å²) in [6.45, 7) is 4.08. The van der Waals surface area contributed by atoms with Crippen LogP contribution in [-0.4, -0.2) is 26.8 Å². The first-order valence-corrected chi connectivity index (χ1v) is 7.35. The number of rotatable bonds is 2. The molecule has 6 heteroatoms. The lowest BCUT2D eigenvalue weighted by atomic mass is 10.0. The summed E-state index contributed by atoms with van der Waals surface area (Å²) in [5.41, 5.74) is 5.10. The number of hydrogen-bond donors (Lipinski definition) is 3. The Morgan fingerprint density at radius 3 is 2.90 bits per heavy atom. The molecular formula is C15H15N3O2S. The van der Waals surface area contributed by atoms with E-state index in [1.807, 2.05) is 13.8 Å². The summed E-state index contributed by atoms with van der Waals surface area (Å²) in [4.78, 5) is 11.9. The third-order valence-corrected chi connectivity index (χ3v) is 4.24. The van der Waals surface area contributed by atoms with Crippen LogP contribution in [0.3, 0.4) is 0 Å². The Labute approximate surface area is 126 Å². The van der Waals surface area contributed by atoms with Crippen molar-refractivity contribution in [1.82, 2.24) is 15.5 Å². The minimum atomic E-state index is -0.941. The van der Waals surface area contributed by atoms with E-state index in [1.165, 1.54) is 0 Å². The molecule has 0 spiro atoms. The van der Waals surface area contributed by atoms with E-state index < -0.39 is 6.23 Å². The Hall–Kier alpha value is -2.05. The Morgan fingerprint density at radius 1 is 1.38 bits per heavy atom. The Balaban J connectivity index is 2.04. The first-order valence-electron chi connectivity index (χ1n) is 6.53. The van der Waals surface area contributed by atoms with Crippen molar-refractivity contribution in [2.45, 2.75) is 20.1 Å². The molecule has 5 nitrogen and oxygen atoms in total. The molecule has 1 saturated heterocycles. The Bertz CT molecular complexity index is 736. The van der Waals surface area contributed by atoms with E-state index in [9.17, 15) is 9.90 Å². The molecule has 1 aliphatic heterocycles. The Morgan fingerprint density at radius 2 is 2.19 bits per heavy atom. The van der Waals surface area contributed by atoms with Gasteiger partial charge in [-0.1, -0.05) is 17.7 Å². The van der Waals surface area contributed by atoms with Crippen LogP contribution in [-0.2, 0) is 0 Å². The van der Waals surface area contributed by atoms with Gasteiger partial charge in [0.2, 0.25) is 0 Å². The maximum absolute atomic E-state index is 11.3. The molecule has 3 N–H and O–H groups in total. The first kappa shape index (κ1) is 13.9. The molecule has 3 rings (SSSR count). The second-order valence-corrected chi connectivity index (χ2v) is 6.05. The number of aromatic amines is 1. The molecular weight excluding hydrogens is 286 g/mol. The fourth-order valence-corrected chi connectivity index (χ4v) is 3.00. The first-order chi connectivity index (χ1) is 10.0. The molecule has 1 aliphatic rings. The lowest BCUT2D eigenvalue weighted by molar-refractivity contribution is 0.192. The summed E-state index contributed by atoms with van der Waals surface area (Å²) in [7, 11) is 0. The van der Waals surface area contributed by atoms with Crippen molar-refractivity contribution in [3.63, 3.8) is 0 Å². The highest BCUT2D eigenvalue weighted by atomic mass is 32.2. The van der Waals surface area contributed by atoms with Gasteiger partial charge in [0.1, 0.15) is 0 Å². The Kier molecular flexibility index (Phi) is 3.57. The van der Waals surface area contributed by atoms with E-state index in [0.717, 1.165) is 39.7 Å². The summed E-state index contributed by atoms with van der Waals surface area (Å²) >= 11 is 1.00. The quantitative estimate of drug-likeness (QED) is 0.797. The van der Waals surface area contributed by atoms with Crippen molar-refractivity contribution in [3.05, 3.63) is 46.0 Å². The predicted octanol–water partition coefficient (Wildman–Crippen LogP) is 2.81. The third-order valence-electron chi connectivity index (χ3n) is 3.36. The van der Waals surface area contributed by atoms with Gasteiger partial charge in [0.05, 0.1) is 11.9 Å². The molecule has 1 fully saturated rings. The van der Waals surface area contributed by atoms with Crippen LogP contribution in [0.5, 0.6) is 0 Å². The molecule has 21 heavy (non-hydrogen) atoms. The summed E-state index contributed by atoms with van der Waals surface area (Å²) in [5, 5.41) is 19.1. The summed E-state index contributed by atoms with van der Waals surface area (Å²) in [6, 6.07) is 6.21. The standard InChI is InChI=1S/C15H15N3O2S/c1-8-3-4-9(2)11(5-8)13-10(7-16-18-13)6-12-14(19)17-15(20)21-12/h3-7,14,19H,1-2H3,(H,16,18)(H,17,20)/b12-6-. The fraction of sp³-hybridized carbons (Fsp3) is 0.200. The number of hydrogen-bond acceptors (Lipinski definition) is 4. The number of benzene rings is 1. The minimum absolute atomic E-state index is 0.245. The molecule has 0 radical (unpaired) electrons. The molecule has 108 valence electrons. The van der Waals surface area contributed by atoms with Gasteiger partial charge >= 0.3 is 0 Å². The van der Waals surface area contributed by atoms with Crippen LogP contribution in [0.1, 0.15) is 16.7 Å². The van der Waals surface area contributed by atoms with Crippen molar-refractivity contribution >= 4 is 23.1 Å². The van der Waals surface area contributed by atoms with E-state index in [0.29, 0.717) is 4.91 Å². The molecule has 0 bridgehead atoms. The minimum Gasteiger partial charge on any atom is -0.369 e. The lowest BCUT2D eigenvalue weighted by Gasteiger charge is -2.07. The normalized spacial score (nSPS) is 20.0. The highest BCUT2D eigenvalue weighted by Crippen LogP contribution is 2.32. The smallest absolute Gasteiger partial charge is 0.285 e. The maximum Gasteiger partial charge on any atom is 0.285 e. The van der Waals surface area contributed by atoms with Crippen LogP contribution in [0.4, 0.5) is 4.79 Å². The maximum atomic E-state index is 11.3. The highest BCUT2D eigenvalue weighted by Gasteiger charge is 2.25. The number of carbonyl (C=O) groups is 1. The molecule has 1 aromatic heterocycles. The largest absolute Gasteiger partial charge is 0.369 e. The number of thioether (sulfide) groups is 1. The second-order valence-electron chi connectivity index (χ2n) is 5.00. The van der Waals surface area contributed by atoms with Gasteiger partial charge in [0, 0.05) is 16.0 Å². The van der Waals surface area contributed by atoms with Crippen LogP contribution in [0.25, 0.3) is 17.3 Å². The van der Waals surface area contributed by atoms with Crippen LogP contribution in [0.2, 0.25) is 0 Å². The number of aliphatic hydroxyl groups is 1. The zero-order valence-corrected chi connectivity index (χ0v) is 12.5. The van der Waals surface area contributed by atoms with Gasteiger partial charge in [-0.2, -0.15) is 5.10 Å². The summed E-state index contributed by atoms with van der Waals surface area (Å²) < 4.78 is 0. The third kappa shape index (κ3) is 2.72. The second kappa shape index (κ2) is 5.38. The van der Waals surface area contributed by atoms with E-state index in [2.05, 4.69) is 33.7 Å². The van der Waals surface area contributed by atoms with E-state index in [-0.39, 0.29) is 5.24 Å². The monoisotopic (exact) mass is 301 g/mol. The van der Waals surface area contributed by atoms with Crippen molar-refractivity contribution in [1.29, 1.82) is 0 Å². The van der Waals surface area contributed by atoms with Crippen molar-refractivity contribution in [2.24, 2.45) is 0 Å². The molecule has 2 aromatic rings.